The maximum atomic E-state index is 12.7. The molecule has 1 N–H and O–H groups in total. The van der Waals surface area contributed by atoms with Gasteiger partial charge in [0.1, 0.15) is 5.56 Å². The van der Waals surface area contributed by atoms with Gasteiger partial charge in [-0.3, -0.25) is 24.5 Å². The van der Waals surface area contributed by atoms with Crippen LogP contribution < -0.4 is 10.2 Å². The van der Waals surface area contributed by atoms with Crippen molar-refractivity contribution in [1.29, 1.82) is 0 Å². The average molecular weight is 513 g/mol. The van der Waals surface area contributed by atoms with E-state index in [2.05, 4.69) is 27.9 Å². The largest absolute Gasteiger partial charge is 0.322 e. The van der Waals surface area contributed by atoms with E-state index in [1.54, 1.807) is 12.1 Å². The maximum absolute atomic E-state index is 12.7. The fourth-order valence-electron chi connectivity index (χ4n) is 3.15. The number of anilines is 2. The Morgan fingerprint density at radius 3 is 2.23 bits per heavy atom. The summed E-state index contributed by atoms with van der Waals surface area (Å²) in [6.07, 6.45) is 0. The summed E-state index contributed by atoms with van der Waals surface area (Å²) in [4.78, 5) is 49.2. The van der Waals surface area contributed by atoms with E-state index in [0.717, 1.165) is 8.47 Å². The number of imide groups is 1. The van der Waals surface area contributed by atoms with Crippen LogP contribution in [0.5, 0.6) is 0 Å². The molecule has 3 amide bonds. The number of amides is 3. The van der Waals surface area contributed by atoms with Crippen LogP contribution in [0.3, 0.4) is 0 Å². The molecule has 0 radical (unpaired) electrons. The molecule has 0 saturated carbocycles. The van der Waals surface area contributed by atoms with Crippen molar-refractivity contribution in [1.82, 2.24) is 0 Å². The first-order valence-corrected chi connectivity index (χ1v) is 9.78. The van der Waals surface area contributed by atoms with Crippen LogP contribution in [0.2, 0.25) is 0 Å². The summed E-state index contributed by atoms with van der Waals surface area (Å²) in [5.74, 6) is -1.76. The van der Waals surface area contributed by atoms with E-state index in [9.17, 15) is 24.5 Å². The topological polar surface area (TPSA) is 110 Å². The highest BCUT2D eigenvalue weighted by molar-refractivity contribution is 14.1. The van der Waals surface area contributed by atoms with Crippen LogP contribution in [0, 0.1) is 13.7 Å². The molecule has 0 bridgehead atoms. The van der Waals surface area contributed by atoms with E-state index in [1.165, 1.54) is 42.5 Å². The number of hydrogen-bond donors (Lipinski definition) is 1. The Hall–Kier alpha value is -3.60. The standard InChI is InChI=1S/C21H12IN3O5/c22-13-6-8-14(9-7-13)23-19(26)12-4-10-15(11-5-12)24-20(27)16-2-1-3-17(25(29)30)18(16)21(24)28/h1-11H,(H,23,26). The SMILES string of the molecule is O=C(Nc1ccc(I)cc1)c1ccc(N2C(=O)c3cccc([N+](=O)[O-])c3C2=O)cc1. The quantitative estimate of drug-likeness (QED) is 0.243. The van der Waals surface area contributed by atoms with E-state index >= 15 is 0 Å². The number of hydrogen-bond acceptors (Lipinski definition) is 5. The average Bonchev–Trinajstić information content (AvgIpc) is 3.00. The second kappa shape index (κ2) is 7.67. The summed E-state index contributed by atoms with van der Waals surface area (Å²) in [6.45, 7) is 0. The van der Waals surface area contributed by atoms with Gasteiger partial charge in [0.2, 0.25) is 0 Å². The molecule has 1 aliphatic rings. The second-order valence-corrected chi connectivity index (χ2v) is 7.66. The van der Waals surface area contributed by atoms with Gasteiger partial charge in [0.05, 0.1) is 16.2 Å². The number of nitro groups is 1. The van der Waals surface area contributed by atoms with E-state index in [-0.39, 0.29) is 22.7 Å². The third-order valence-corrected chi connectivity index (χ3v) is 5.30. The Morgan fingerprint density at radius 2 is 1.60 bits per heavy atom. The number of rotatable bonds is 4. The molecule has 0 unspecified atom stereocenters. The zero-order valence-corrected chi connectivity index (χ0v) is 17.3. The number of nitrogens with zero attached hydrogens (tertiary/aromatic N) is 2. The predicted molar refractivity (Wildman–Crippen MR) is 118 cm³/mol. The van der Waals surface area contributed by atoms with Crippen LogP contribution in [-0.2, 0) is 0 Å². The van der Waals surface area contributed by atoms with Gasteiger partial charge in [-0.2, -0.15) is 0 Å². The van der Waals surface area contributed by atoms with E-state index in [1.807, 2.05) is 12.1 Å². The van der Waals surface area contributed by atoms with Crippen molar-refractivity contribution in [2.75, 3.05) is 10.2 Å². The molecule has 3 aromatic rings. The van der Waals surface area contributed by atoms with E-state index in [0.29, 0.717) is 11.3 Å². The van der Waals surface area contributed by atoms with Crippen molar-refractivity contribution < 1.29 is 19.3 Å². The molecule has 3 aromatic carbocycles. The molecule has 1 heterocycles. The maximum Gasteiger partial charge on any atom is 0.283 e. The molecule has 0 atom stereocenters. The van der Waals surface area contributed by atoms with Gasteiger partial charge in [-0.05, 0) is 77.2 Å². The minimum Gasteiger partial charge on any atom is -0.322 e. The second-order valence-electron chi connectivity index (χ2n) is 6.41. The lowest BCUT2D eigenvalue weighted by molar-refractivity contribution is -0.385. The summed E-state index contributed by atoms with van der Waals surface area (Å²) in [7, 11) is 0. The van der Waals surface area contributed by atoms with Crippen molar-refractivity contribution in [2.24, 2.45) is 0 Å². The summed E-state index contributed by atoms with van der Waals surface area (Å²) in [5, 5.41) is 14.0. The van der Waals surface area contributed by atoms with Crippen molar-refractivity contribution >= 4 is 57.4 Å². The summed E-state index contributed by atoms with van der Waals surface area (Å²) >= 11 is 2.16. The normalized spacial score (nSPS) is 12.6. The van der Waals surface area contributed by atoms with Crippen LogP contribution in [0.25, 0.3) is 0 Å². The first-order chi connectivity index (χ1) is 14.4. The van der Waals surface area contributed by atoms with Crippen LogP contribution in [0.1, 0.15) is 31.1 Å². The smallest absolute Gasteiger partial charge is 0.283 e. The Labute approximate surface area is 183 Å². The number of nitro benzene ring substituents is 1. The Kier molecular flexibility index (Phi) is 5.04. The lowest BCUT2D eigenvalue weighted by Gasteiger charge is -2.14. The van der Waals surface area contributed by atoms with Crippen molar-refractivity contribution in [3.63, 3.8) is 0 Å². The van der Waals surface area contributed by atoms with Gasteiger partial charge in [-0.15, -0.1) is 0 Å². The number of fused-ring (bicyclic) bond motifs is 1. The van der Waals surface area contributed by atoms with Crippen LogP contribution in [0.15, 0.2) is 66.7 Å². The lowest BCUT2D eigenvalue weighted by atomic mass is 10.1. The van der Waals surface area contributed by atoms with Gasteiger partial charge in [-0.25, -0.2) is 4.90 Å². The molecular formula is C21H12IN3O5. The number of carbonyl (C=O) groups excluding carboxylic acids is 3. The fraction of sp³-hybridized carbons (Fsp3) is 0. The van der Waals surface area contributed by atoms with E-state index in [4.69, 9.17) is 0 Å². The number of benzene rings is 3. The monoisotopic (exact) mass is 513 g/mol. The Morgan fingerprint density at radius 1 is 0.933 bits per heavy atom. The predicted octanol–water partition coefficient (Wildman–Crippen LogP) is 4.25. The zero-order valence-electron chi connectivity index (χ0n) is 15.2. The van der Waals surface area contributed by atoms with Gasteiger partial charge in [0, 0.05) is 20.9 Å². The van der Waals surface area contributed by atoms with Crippen LogP contribution in [0.4, 0.5) is 17.1 Å². The first-order valence-electron chi connectivity index (χ1n) is 8.70. The van der Waals surface area contributed by atoms with E-state index < -0.39 is 22.4 Å². The molecule has 0 spiro atoms. The Bertz CT molecular complexity index is 1210. The van der Waals surface area contributed by atoms with Gasteiger partial charge >= 0.3 is 0 Å². The van der Waals surface area contributed by atoms with Crippen molar-refractivity contribution in [2.45, 2.75) is 0 Å². The van der Waals surface area contributed by atoms with Crippen LogP contribution >= 0.6 is 22.6 Å². The summed E-state index contributed by atoms with van der Waals surface area (Å²) < 4.78 is 1.04. The number of nitrogens with one attached hydrogen (secondary N) is 1. The summed E-state index contributed by atoms with van der Waals surface area (Å²) in [5.41, 5.74) is 0.531. The van der Waals surface area contributed by atoms with Gasteiger partial charge < -0.3 is 5.32 Å². The molecule has 0 aliphatic carbocycles. The highest BCUT2D eigenvalue weighted by Gasteiger charge is 2.41. The third-order valence-electron chi connectivity index (χ3n) is 4.58. The molecular weight excluding hydrogens is 501 g/mol. The minimum atomic E-state index is -0.765. The molecule has 0 saturated heterocycles. The number of halogens is 1. The molecule has 0 aromatic heterocycles. The summed E-state index contributed by atoms with van der Waals surface area (Å²) in [6, 6.07) is 17.1. The molecule has 4 rings (SSSR count). The van der Waals surface area contributed by atoms with Crippen molar-refractivity contribution in [3.05, 3.63) is 97.1 Å². The first kappa shape index (κ1) is 19.7. The molecule has 8 nitrogen and oxygen atoms in total. The highest BCUT2D eigenvalue weighted by atomic mass is 127. The van der Waals surface area contributed by atoms with Crippen LogP contribution in [-0.4, -0.2) is 22.6 Å². The molecule has 1 aliphatic heterocycles. The molecule has 30 heavy (non-hydrogen) atoms. The fourth-order valence-corrected chi connectivity index (χ4v) is 3.51. The minimum absolute atomic E-state index is 0.0188. The third kappa shape index (κ3) is 3.43. The highest BCUT2D eigenvalue weighted by Crippen LogP contribution is 2.33. The molecule has 148 valence electrons. The Balaban J connectivity index is 1.58. The molecule has 9 heteroatoms. The van der Waals surface area contributed by atoms with Gasteiger partial charge in [0.25, 0.3) is 23.4 Å². The number of carbonyl (C=O) groups is 3. The van der Waals surface area contributed by atoms with Gasteiger partial charge in [-0.1, -0.05) is 6.07 Å². The van der Waals surface area contributed by atoms with Crippen molar-refractivity contribution in [3.8, 4) is 0 Å². The lowest BCUT2D eigenvalue weighted by Crippen LogP contribution is -2.29. The zero-order chi connectivity index (χ0) is 21.4. The van der Waals surface area contributed by atoms with Gasteiger partial charge in [0.15, 0.2) is 0 Å². The molecule has 0 fully saturated rings.